The molecule has 0 spiro atoms. The lowest BCUT2D eigenvalue weighted by molar-refractivity contribution is 0.0914. The van der Waals surface area contributed by atoms with Gasteiger partial charge in [0.05, 0.1) is 0 Å². The first-order valence-corrected chi connectivity index (χ1v) is 6.64. The third-order valence-corrected chi connectivity index (χ3v) is 3.37. The summed E-state index contributed by atoms with van der Waals surface area (Å²) in [5.41, 5.74) is 1.21. The summed E-state index contributed by atoms with van der Waals surface area (Å²) in [5.74, 6) is -0.534. The number of ketones is 1. The molecule has 0 fully saturated rings. The van der Waals surface area contributed by atoms with E-state index >= 15 is 0 Å². The Labute approximate surface area is 119 Å². The average molecular weight is 319 g/mol. The molecule has 1 nitrogen and oxygen atoms in total. The maximum absolute atomic E-state index is 14.0. The van der Waals surface area contributed by atoms with Gasteiger partial charge in [-0.25, -0.2) is 4.39 Å². The molecule has 2 rings (SSSR count). The van der Waals surface area contributed by atoms with Crippen LogP contribution in [-0.4, -0.2) is 12.0 Å². The van der Waals surface area contributed by atoms with Crippen LogP contribution in [0, 0.1) is 0 Å². The normalized spacial score (nSPS) is 13.1. The molecule has 0 aliphatic rings. The third kappa shape index (κ3) is 3.61. The number of allylic oxidation sites excluding steroid dienone is 1. The van der Waals surface area contributed by atoms with Crippen LogP contribution in [0.1, 0.15) is 15.9 Å². The van der Waals surface area contributed by atoms with Gasteiger partial charge in [0, 0.05) is 10.0 Å². The lowest BCUT2D eigenvalue weighted by Gasteiger charge is -2.04. The van der Waals surface area contributed by atoms with Crippen molar-refractivity contribution in [1.82, 2.24) is 0 Å². The molecule has 0 saturated heterocycles. The highest BCUT2D eigenvalue weighted by atomic mass is 79.9. The van der Waals surface area contributed by atoms with Crippen molar-refractivity contribution < 1.29 is 9.18 Å². The first-order valence-electron chi connectivity index (χ1n) is 5.84. The van der Waals surface area contributed by atoms with Crippen molar-refractivity contribution in [2.24, 2.45) is 0 Å². The highest BCUT2D eigenvalue weighted by Crippen LogP contribution is 2.22. The molecule has 1 unspecified atom stereocenters. The second-order valence-electron chi connectivity index (χ2n) is 4.01. The minimum absolute atomic E-state index is 0.375. The zero-order valence-corrected chi connectivity index (χ0v) is 11.7. The first-order chi connectivity index (χ1) is 9.18. The van der Waals surface area contributed by atoms with Crippen LogP contribution < -0.4 is 0 Å². The van der Waals surface area contributed by atoms with Gasteiger partial charge < -0.3 is 0 Å². The number of hydrogen-bond donors (Lipinski definition) is 0. The molecule has 1 atom stereocenters. The van der Waals surface area contributed by atoms with Crippen LogP contribution in [0.4, 0.5) is 4.39 Å². The lowest BCUT2D eigenvalue weighted by Crippen LogP contribution is -2.13. The molecule has 96 valence electrons. The van der Waals surface area contributed by atoms with Crippen LogP contribution in [-0.2, 0) is 0 Å². The smallest absolute Gasteiger partial charge is 0.200 e. The molecule has 0 radical (unpaired) electrons. The number of rotatable bonds is 4. The van der Waals surface area contributed by atoms with Gasteiger partial charge in [0.2, 0.25) is 5.78 Å². The van der Waals surface area contributed by atoms with Crippen molar-refractivity contribution in [3.63, 3.8) is 0 Å². The van der Waals surface area contributed by atoms with Gasteiger partial charge >= 0.3 is 0 Å². The van der Waals surface area contributed by atoms with Crippen LogP contribution in [0.5, 0.6) is 0 Å². The van der Waals surface area contributed by atoms with E-state index in [0.717, 1.165) is 5.56 Å². The van der Waals surface area contributed by atoms with E-state index in [1.165, 1.54) is 6.08 Å². The number of halogens is 2. The third-order valence-electron chi connectivity index (χ3n) is 2.65. The van der Waals surface area contributed by atoms with Crippen LogP contribution in [0.25, 0.3) is 4.48 Å². The Kier molecular flexibility index (Phi) is 4.63. The maximum atomic E-state index is 14.0. The van der Waals surface area contributed by atoms with E-state index in [1.54, 1.807) is 30.3 Å². The van der Waals surface area contributed by atoms with E-state index in [0.29, 0.717) is 10.0 Å². The standard InChI is InChI=1S/C16H12BrFO/c17-14(12-7-3-1-4-8-12)11-15(18)16(19)13-9-5-2-6-10-13/h1-11,15H. The predicted octanol–water partition coefficient (Wildman–Crippen LogP) is 4.64. The van der Waals surface area contributed by atoms with Gasteiger partial charge in [0.15, 0.2) is 6.17 Å². The minimum Gasteiger partial charge on any atom is -0.290 e. The highest BCUT2D eigenvalue weighted by molar-refractivity contribution is 9.15. The molecule has 3 heteroatoms. The number of hydrogen-bond acceptors (Lipinski definition) is 1. The fraction of sp³-hybridized carbons (Fsp3) is 0.0625. The zero-order valence-electron chi connectivity index (χ0n) is 10.1. The summed E-state index contributed by atoms with van der Waals surface area (Å²) in [6, 6.07) is 17.7. The Morgan fingerprint density at radius 2 is 1.42 bits per heavy atom. The Hall–Kier alpha value is -1.74. The van der Waals surface area contributed by atoms with Crippen molar-refractivity contribution in [2.45, 2.75) is 6.17 Å². The van der Waals surface area contributed by atoms with Gasteiger partial charge in [0.25, 0.3) is 0 Å². The second kappa shape index (κ2) is 6.43. The Bertz CT molecular complexity index is 578. The van der Waals surface area contributed by atoms with E-state index in [1.807, 2.05) is 30.3 Å². The van der Waals surface area contributed by atoms with Gasteiger partial charge in [0.1, 0.15) is 0 Å². The molecule has 0 N–H and O–H groups in total. The predicted molar refractivity (Wildman–Crippen MR) is 79.0 cm³/mol. The molecule has 0 aliphatic heterocycles. The number of benzene rings is 2. The molecule has 2 aromatic carbocycles. The SMILES string of the molecule is O=C(c1ccccc1)C(F)C=C(Br)c1ccccc1. The monoisotopic (exact) mass is 318 g/mol. The van der Waals surface area contributed by atoms with Crippen LogP contribution in [0.15, 0.2) is 66.7 Å². The summed E-state index contributed by atoms with van der Waals surface area (Å²) >= 11 is 3.30. The largest absolute Gasteiger partial charge is 0.290 e. The number of carbonyl (C=O) groups is 1. The Balaban J connectivity index is 2.17. The molecule has 2 aromatic rings. The maximum Gasteiger partial charge on any atom is 0.200 e. The average Bonchev–Trinajstić information content (AvgIpc) is 2.48. The quantitative estimate of drug-likeness (QED) is 0.750. The number of alkyl halides is 1. The highest BCUT2D eigenvalue weighted by Gasteiger charge is 2.17. The Morgan fingerprint density at radius 3 is 1.95 bits per heavy atom. The zero-order chi connectivity index (χ0) is 13.7. The molecule has 0 bridgehead atoms. The van der Waals surface area contributed by atoms with E-state index in [-0.39, 0.29) is 0 Å². The molecule has 19 heavy (non-hydrogen) atoms. The van der Waals surface area contributed by atoms with Crippen LogP contribution in [0.3, 0.4) is 0 Å². The van der Waals surface area contributed by atoms with Crippen molar-refractivity contribution in [1.29, 1.82) is 0 Å². The summed E-state index contributed by atoms with van der Waals surface area (Å²) in [6.45, 7) is 0. The van der Waals surface area contributed by atoms with Gasteiger partial charge in [-0.2, -0.15) is 0 Å². The summed E-state index contributed by atoms with van der Waals surface area (Å²) < 4.78 is 14.5. The fourth-order valence-corrected chi connectivity index (χ4v) is 2.16. The lowest BCUT2D eigenvalue weighted by atomic mass is 10.1. The van der Waals surface area contributed by atoms with Crippen LogP contribution in [0.2, 0.25) is 0 Å². The van der Waals surface area contributed by atoms with Gasteiger partial charge in [-0.05, 0) is 11.6 Å². The van der Waals surface area contributed by atoms with E-state index in [2.05, 4.69) is 15.9 Å². The second-order valence-corrected chi connectivity index (χ2v) is 4.87. The van der Waals surface area contributed by atoms with Gasteiger partial charge in [-0.15, -0.1) is 0 Å². The molecule has 0 heterocycles. The molecule has 0 aliphatic carbocycles. The first kappa shape index (κ1) is 13.7. The summed E-state index contributed by atoms with van der Waals surface area (Å²) in [7, 11) is 0. The van der Waals surface area contributed by atoms with Gasteiger partial charge in [-0.1, -0.05) is 76.6 Å². The van der Waals surface area contributed by atoms with Gasteiger partial charge in [-0.3, -0.25) is 4.79 Å². The van der Waals surface area contributed by atoms with Crippen molar-refractivity contribution in [2.75, 3.05) is 0 Å². The summed E-state index contributed by atoms with van der Waals surface area (Å²) in [6.07, 6.45) is -0.373. The minimum atomic E-state index is -1.66. The summed E-state index contributed by atoms with van der Waals surface area (Å²) in [5, 5.41) is 0. The fourth-order valence-electron chi connectivity index (χ4n) is 1.66. The van der Waals surface area contributed by atoms with E-state index < -0.39 is 12.0 Å². The van der Waals surface area contributed by atoms with E-state index in [9.17, 15) is 9.18 Å². The molecule has 0 aromatic heterocycles. The molecule has 0 saturated carbocycles. The van der Waals surface area contributed by atoms with E-state index in [4.69, 9.17) is 0 Å². The molecular formula is C16H12BrFO. The molecular weight excluding hydrogens is 307 g/mol. The topological polar surface area (TPSA) is 17.1 Å². The van der Waals surface area contributed by atoms with Crippen molar-refractivity contribution in [3.8, 4) is 0 Å². The number of carbonyl (C=O) groups excluding carboxylic acids is 1. The van der Waals surface area contributed by atoms with Crippen molar-refractivity contribution >= 4 is 26.2 Å². The van der Waals surface area contributed by atoms with Crippen molar-refractivity contribution in [3.05, 3.63) is 77.9 Å². The number of Topliss-reactive ketones (excluding diaryl/α,β-unsaturated/α-hetero) is 1. The molecule has 0 amide bonds. The summed E-state index contributed by atoms with van der Waals surface area (Å²) in [4.78, 5) is 11.9. The van der Waals surface area contributed by atoms with Crippen LogP contribution >= 0.6 is 15.9 Å². The Morgan fingerprint density at radius 1 is 0.947 bits per heavy atom.